The summed E-state index contributed by atoms with van der Waals surface area (Å²) in [4.78, 5) is 29.0. The highest BCUT2D eigenvalue weighted by molar-refractivity contribution is 9.10. The molecule has 0 spiro atoms. The summed E-state index contributed by atoms with van der Waals surface area (Å²) in [7, 11) is 1.68. The monoisotopic (exact) mass is 586 g/mol. The quantitative estimate of drug-likeness (QED) is 0.324. The van der Waals surface area contributed by atoms with Crippen LogP contribution >= 0.6 is 27.3 Å². The van der Waals surface area contributed by atoms with E-state index in [9.17, 15) is 9.59 Å². The number of rotatable bonds is 8. The number of carbonyl (C=O) groups is 2. The number of hydrogen-bond donors (Lipinski definition) is 1. The minimum atomic E-state index is -0.640. The summed E-state index contributed by atoms with van der Waals surface area (Å²) in [5, 5.41) is 5.26. The molecule has 3 aliphatic rings. The lowest BCUT2D eigenvalue weighted by Gasteiger charge is -2.59. The summed E-state index contributed by atoms with van der Waals surface area (Å²) in [5.41, 5.74) is 0.0712. The van der Waals surface area contributed by atoms with Crippen LogP contribution in [-0.2, 0) is 19.7 Å². The van der Waals surface area contributed by atoms with E-state index in [1.54, 1.807) is 24.5 Å². The highest BCUT2D eigenvalue weighted by Gasteiger charge is 2.61. The predicted octanol–water partition coefficient (Wildman–Crippen LogP) is 5.56. The van der Waals surface area contributed by atoms with Crippen LogP contribution in [-0.4, -0.2) is 55.2 Å². The molecule has 1 saturated heterocycles. The van der Waals surface area contributed by atoms with Gasteiger partial charge in [-0.1, -0.05) is 12.1 Å². The van der Waals surface area contributed by atoms with Gasteiger partial charge in [0.15, 0.2) is 0 Å². The number of nitrogens with zero attached hydrogens (tertiary/aromatic N) is 1. The smallest absolute Gasteiger partial charge is 0.303 e. The fraction of sp³-hybridized carbons (Fsp3) is 0.517. The van der Waals surface area contributed by atoms with Crippen molar-refractivity contribution in [2.24, 2.45) is 5.92 Å². The molecule has 2 aromatic rings. The molecular formula is C29H35BrN2O4S. The zero-order chi connectivity index (χ0) is 26.0. The van der Waals surface area contributed by atoms with E-state index in [1.165, 1.54) is 19.8 Å². The number of benzene rings is 1. The topological polar surface area (TPSA) is 67.9 Å². The molecule has 1 aliphatic heterocycles. The number of ether oxygens (including phenoxy) is 2. The average Bonchev–Trinajstić information content (AvgIpc) is 3.59. The number of thiophene rings is 1. The summed E-state index contributed by atoms with van der Waals surface area (Å²) < 4.78 is 13.0. The minimum absolute atomic E-state index is 0.0166. The van der Waals surface area contributed by atoms with Crippen molar-refractivity contribution in [1.29, 1.82) is 0 Å². The second-order valence-electron chi connectivity index (χ2n) is 10.8. The molecule has 0 unspecified atom stereocenters. The molecule has 2 aliphatic carbocycles. The first kappa shape index (κ1) is 26.4. The van der Waals surface area contributed by atoms with Crippen molar-refractivity contribution in [2.75, 3.05) is 26.7 Å². The van der Waals surface area contributed by atoms with Crippen molar-refractivity contribution < 1.29 is 19.1 Å². The van der Waals surface area contributed by atoms with E-state index >= 15 is 0 Å². The van der Waals surface area contributed by atoms with E-state index < -0.39 is 11.0 Å². The molecule has 6 nitrogen and oxygen atoms in total. The number of piperidine rings is 1. The maximum absolute atomic E-state index is 12.9. The van der Waals surface area contributed by atoms with Crippen molar-refractivity contribution in [2.45, 2.75) is 62.5 Å². The highest BCUT2D eigenvalue weighted by Crippen LogP contribution is 2.54. The first-order valence-electron chi connectivity index (χ1n) is 13.1. The Labute approximate surface area is 231 Å². The first-order valence-corrected chi connectivity index (χ1v) is 14.8. The molecule has 2 saturated carbocycles. The maximum Gasteiger partial charge on any atom is 0.303 e. The SMILES string of the molecule is COc1cccc([C@@]23CCN(CC4CC4)C[C@@]2(OC(C)=O)CC[C@H](NC(=O)C=Cc2cc(Br)cs2)C3)c1. The maximum atomic E-state index is 12.9. The third kappa shape index (κ3) is 5.81. The normalized spacial score (nSPS) is 28.0. The van der Waals surface area contributed by atoms with Gasteiger partial charge in [0.05, 0.1) is 7.11 Å². The van der Waals surface area contributed by atoms with Crippen LogP contribution in [0.3, 0.4) is 0 Å². The first-order chi connectivity index (χ1) is 17.8. The molecule has 1 aromatic carbocycles. The van der Waals surface area contributed by atoms with Gasteiger partial charge in [-0.25, -0.2) is 0 Å². The molecule has 2 heterocycles. The average molecular weight is 588 g/mol. The molecular weight excluding hydrogens is 552 g/mol. The molecule has 1 amide bonds. The summed E-state index contributed by atoms with van der Waals surface area (Å²) in [6.07, 6.45) is 9.11. The number of esters is 1. The second-order valence-corrected chi connectivity index (χ2v) is 12.6. The second kappa shape index (κ2) is 10.9. The third-order valence-electron chi connectivity index (χ3n) is 8.21. The van der Waals surface area contributed by atoms with Gasteiger partial charge in [0.25, 0.3) is 0 Å². The minimum Gasteiger partial charge on any atom is -0.497 e. The molecule has 0 radical (unpaired) electrons. The molecule has 3 atom stereocenters. The molecule has 198 valence electrons. The lowest BCUT2D eigenvalue weighted by atomic mass is 9.55. The Morgan fingerprint density at radius 2 is 2.08 bits per heavy atom. The van der Waals surface area contributed by atoms with Gasteiger partial charge >= 0.3 is 5.97 Å². The molecule has 0 bridgehead atoms. The van der Waals surface area contributed by atoms with Crippen molar-refractivity contribution >= 4 is 45.2 Å². The number of fused-ring (bicyclic) bond motifs is 1. The summed E-state index contributed by atoms with van der Waals surface area (Å²) in [6.45, 7) is 4.27. The van der Waals surface area contributed by atoms with Gasteiger partial charge in [-0.05, 0) is 96.8 Å². The van der Waals surface area contributed by atoms with Gasteiger partial charge in [0, 0.05) is 52.3 Å². The third-order valence-corrected chi connectivity index (χ3v) is 9.86. The van der Waals surface area contributed by atoms with Crippen LogP contribution in [0.5, 0.6) is 5.75 Å². The largest absolute Gasteiger partial charge is 0.497 e. The standard InChI is InChI=1S/C29H35BrN2O4S/c1-20(33)36-29-11-10-24(31-27(34)9-8-26-15-23(30)18-37-26)16-28(29,22-4-3-5-25(14-22)35-2)12-13-32(19-29)17-21-6-7-21/h3-5,8-9,14-15,18,21,24H,6-7,10-13,16-17,19H2,1-2H3,(H,31,34)/t24-,28-,29-/m0/s1. The van der Waals surface area contributed by atoms with Gasteiger partial charge in [-0.15, -0.1) is 11.3 Å². The highest BCUT2D eigenvalue weighted by atomic mass is 79.9. The Hall–Kier alpha value is -2.16. The fourth-order valence-electron chi connectivity index (χ4n) is 6.37. The molecule has 5 rings (SSSR count). The fourth-order valence-corrected chi connectivity index (χ4v) is 7.71. The Morgan fingerprint density at radius 1 is 1.24 bits per heavy atom. The molecule has 1 N–H and O–H groups in total. The summed E-state index contributed by atoms with van der Waals surface area (Å²) in [6, 6.07) is 10.2. The molecule has 1 aromatic heterocycles. The summed E-state index contributed by atoms with van der Waals surface area (Å²) in [5.74, 6) is 1.22. The number of halogens is 1. The van der Waals surface area contributed by atoms with Crippen LogP contribution in [0.15, 0.2) is 46.3 Å². The lowest BCUT2D eigenvalue weighted by molar-refractivity contribution is -0.187. The lowest BCUT2D eigenvalue weighted by Crippen LogP contribution is -2.68. The van der Waals surface area contributed by atoms with E-state index in [-0.39, 0.29) is 17.9 Å². The van der Waals surface area contributed by atoms with Crippen LogP contribution in [0.25, 0.3) is 6.08 Å². The number of likely N-dealkylation sites (tertiary alicyclic amines) is 1. The van der Waals surface area contributed by atoms with Crippen LogP contribution in [0.1, 0.15) is 55.9 Å². The van der Waals surface area contributed by atoms with Crippen LogP contribution in [0, 0.1) is 5.92 Å². The van der Waals surface area contributed by atoms with E-state index in [0.717, 1.165) is 65.5 Å². The Morgan fingerprint density at radius 3 is 2.78 bits per heavy atom. The van der Waals surface area contributed by atoms with E-state index in [2.05, 4.69) is 38.3 Å². The van der Waals surface area contributed by atoms with Crippen LogP contribution in [0.2, 0.25) is 0 Å². The molecule has 37 heavy (non-hydrogen) atoms. The number of hydrogen-bond acceptors (Lipinski definition) is 6. The Kier molecular flexibility index (Phi) is 7.80. The van der Waals surface area contributed by atoms with Gasteiger partial charge in [0.1, 0.15) is 11.4 Å². The van der Waals surface area contributed by atoms with E-state index in [0.29, 0.717) is 6.42 Å². The number of amides is 1. The van der Waals surface area contributed by atoms with Crippen LogP contribution in [0.4, 0.5) is 0 Å². The van der Waals surface area contributed by atoms with E-state index in [1.807, 2.05) is 29.7 Å². The van der Waals surface area contributed by atoms with Crippen molar-refractivity contribution in [3.8, 4) is 5.75 Å². The van der Waals surface area contributed by atoms with Crippen molar-refractivity contribution in [1.82, 2.24) is 10.2 Å². The number of nitrogens with one attached hydrogen (secondary N) is 1. The van der Waals surface area contributed by atoms with Crippen LogP contribution < -0.4 is 10.1 Å². The Bertz CT molecular complexity index is 1180. The Balaban J connectivity index is 1.44. The van der Waals surface area contributed by atoms with Crippen molar-refractivity contribution in [3.63, 3.8) is 0 Å². The zero-order valence-electron chi connectivity index (χ0n) is 21.5. The predicted molar refractivity (Wildman–Crippen MR) is 150 cm³/mol. The van der Waals surface area contributed by atoms with Gasteiger partial charge < -0.3 is 14.8 Å². The summed E-state index contributed by atoms with van der Waals surface area (Å²) >= 11 is 5.05. The zero-order valence-corrected chi connectivity index (χ0v) is 23.9. The molecule has 8 heteroatoms. The van der Waals surface area contributed by atoms with Crippen molar-refractivity contribution in [3.05, 3.63) is 56.7 Å². The molecule has 3 fully saturated rings. The van der Waals surface area contributed by atoms with Gasteiger partial charge in [-0.2, -0.15) is 0 Å². The van der Waals surface area contributed by atoms with Gasteiger partial charge in [0.2, 0.25) is 5.91 Å². The van der Waals surface area contributed by atoms with Gasteiger partial charge in [-0.3, -0.25) is 14.5 Å². The number of carbonyl (C=O) groups excluding carboxylic acids is 2. The number of methoxy groups -OCH3 is 1. The van der Waals surface area contributed by atoms with E-state index in [4.69, 9.17) is 9.47 Å².